The fraction of sp³-hybridized carbons (Fsp3) is 0.0588. The zero-order chi connectivity index (χ0) is 15.6. The van der Waals surface area contributed by atoms with Crippen molar-refractivity contribution in [1.82, 2.24) is 0 Å². The van der Waals surface area contributed by atoms with E-state index in [0.717, 1.165) is 10.8 Å². The first-order chi connectivity index (χ1) is 10.6. The van der Waals surface area contributed by atoms with Crippen molar-refractivity contribution in [3.63, 3.8) is 0 Å². The van der Waals surface area contributed by atoms with E-state index in [1.165, 1.54) is 7.11 Å². The molecule has 0 radical (unpaired) electrons. The summed E-state index contributed by atoms with van der Waals surface area (Å²) in [6.45, 7) is 0. The summed E-state index contributed by atoms with van der Waals surface area (Å²) in [4.78, 5) is 0.231. The predicted molar refractivity (Wildman–Crippen MR) is 87.8 cm³/mol. The van der Waals surface area contributed by atoms with Gasteiger partial charge in [-0.2, -0.15) is 0 Å². The van der Waals surface area contributed by atoms with Crippen LogP contribution in [0.25, 0.3) is 10.8 Å². The topological polar surface area (TPSA) is 55.4 Å². The van der Waals surface area contributed by atoms with E-state index in [1.807, 2.05) is 24.3 Å². The van der Waals surface area contributed by atoms with Gasteiger partial charge >= 0.3 is 0 Å². The standard InChI is InChI=1S/C17H15NO3S/c1-21-16-8-4-7-15(12-16)18-22(19,20)17-10-9-13-5-2-3-6-14(13)11-17/h2-12,18H,1H3. The number of nitrogens with one attached hydrogen (secondary N) is 1. The molecule has 3 rings (SSSR count). The lowest BCUT2D eigenvalue weighted by Crippen LogP contribution is -2.12. The lowest BCUT2D eigenvalue weighted by atomic mass is 10.1. The summed E-state index contributed by atoms with van der Waals surface area (Å²) in [6.07, 6.45) is 0. The summed E-state index contributed by atoms with van der Waals surface area (Å²) in [7, 11) is -2.10. The molecule has 0 aromatic heterocycles. The molecule has 0 unspecified atom stereocenters. The average molecular weight is 313 g/mol. The minimum atomic E-state index is -3.64. The molecule has 0 amide bonds. The number of anilines is 1. The van der Waals surface area contributed by atoms with Gasteiger partial charge in [0.2, 0.25) is 0 Å². The lowest BCUT2D eigenvalue weighted by molar-refractivity contribution is 0.415. The third kappa shape index (κ3) is 2.89. The fourth-order valence-corrected chi connectivity index (χ4v) is 3.32. The summed E-state index contributed by atoms with van der Waals surface area (Å²) < 4.78 is 32.7. The van der Waals surface area contributed by atoms with E-state index in [4.69, 9.17) is 4.74 Å². The van der Waals surface area contributed by atoms with Crippen LogP contribution in [0, 0.1) is 0 Å². The summed E-state index contributed by atoms with van der Waals surface area (Å²) in [5, 5.41) is 1.89. The third-order valence-electron chi connectivity index (χ3n) is 3.35. The number of fused-ring (bicyclic) bond motifs is 1. The molecule has 0 spiro atoms. The molecule has 0 atom stereocenters. The molecular formula is C17H15NO3S. The van der Waals surface area contributed by atoms with Crippen molar-refractivity contribution in [3.8, 4) is 5.75 Å². The van der Waals surface area contributed by atoms with Crippen molar-refractivity contribution in [2.75, 3.05) is 11.8 Å². The molecule has 0 bridgehead atoms. The zero-order valence-electron chi connectivity index (χ0n) is 12.0. The maximum absolute atomic E-state index is 12.5. The number of hydrogen-bond donors (Lipinski definition) is 1. The first-order valence-electron chi connectivity index (χ1n) is 6.74. The Kier molecular flexibility index (Phi) is 3.73. The van der Waals surface area contributed by atoms with Gasteiger partial charge in [0.25, 0.3) is 10.0 Å². The predicted octanol–water partition coefficient (Wildman–Crippen LogP) is 3.65. The van der Waals surface area contributed by atoms with Gasteiger partial charge in [0.05, 0.1) is 17.7 Å². The monoisotopic (exact) mass is 313 g/mol. The van der Waals surface area contributed by atoms with E-state index in [-0.39, 0.29) is 4.90 Å². The van der Waals surface area contributed by atoms with Crippen LogP contribution in [-0.4, -0.2) is 15.5 Å². The van der Waals surface area contributed by atoms with Gasteiger partial charge in [-0.15, -0.1) is 0 Å². The van der Waals surface area contributed by atoms with Gasteiger partial charge < -0.3 is 4.74 Å². The van der Waals surface area contributed by atoms with Crippen LogP contribution in [0.4, 0.5) is 5.69 Å². The minimum absolute atomic E-state index is 0.231. The Morgan fingerprint density at radius 3 is 2.41 bits per heavy atom. The van der Waals surface area contributed by atoms with Crippen molar-refractivity contribution in [3.05, 3.63) is 66.7 Å². The van der Waals surface area contributed by atoms with E-state index < -0.39 is 10.0 Å². The molecule has 0 saturated carbocycles. The van der Waals surface area contributed by atoms with Crippen LogP contribution in [0.1, 0.15) is 0 Å². The number of methoxy groups -OCH3 is 1. The first-order valence-corrected chi connectivity index (χ1v) is 8.22. The number of hydrogen-bond acceptors (Lipinski definition) is 3. The Hall–Kier alpha value is -2.53. The zero-order valence-corrected chi connectivity index (χ0v) is 12.8. The van der Waals surface area contributed by atoms with Gasteiger partial charge in [-0.1, -0.05) is 36.4 Å². The van der Waals surface area contributed by atoms with Crippen LogP contribution >= 0.6 is 0 Å². The minimum Gasteiger partial charge on any atom is -0.497 e. The summed E-state index contributed by atoms with van der Waals surface area (Å²) in [5.41, 5.74) is 0.465. The Morgan fingerprint density at radius 1 is 0.864 bits per heavy atom. The van der Waals surface area contributed by atoms with E-state index >= 15 is 0 Å². The molecule has 0 saturated heterocycles. The first kappa shape index (κ1) is 14.4. The summed E-state index contributed by atoms with van der Waals surface area (Å²) in [6, 6.07) is 19.5. The van der Waals surface area contributed by atoms with Crippen LogP contribution in [0.15, 0.2) is 71.6 Å². The van der Waals surface area contributed by atoms with Crippen LogP contribution in [0.3, 0.4) is 0 Å². The molecule has 4 nitrogen and oxygen atoms in total. The quantitative estimate of drug-likeness (QED) is 0.800. The van der Waals surface area contributed by atoms with Crippen LogP contribution in [-0.2, 0) is 10.0 Å². The molecule has 5 heteroatoms. The van der Waals surface area contributed by atoms with Crippen LogP contribution < -0.4 is 9.46 Å². The molecule has 3 aromatic rings. The van der Waals surface area contributed by atoms with Gasteiger partial charge in [-0.05, 0) is 35.0 Å². The van der Waals surface area contributed by atoms with Gasteiger partial charge in [-0.25, -0.2) is 8.42 Å². The molecule has 0 heterocycles. The maximum Gasteiger partial charge on any atom is 0.261 e. The highest BCUT2D eigenvalue weighted by molar-refractivity contribution is 7.92. The number of rotatable bonds is 4. The molecule has 0 aliphatic rings. The smallest absolute Gasteiger partial charge is 0.261 e. The van der Waals surface area contributed by atoms with Crippen molar-refractivity contribution in [1.29, 1.82) is 0 Å². The normalized spacial score (nSPS) is 11.3. The summed E-state index contributed by atoms with van der Waals surface area (Å²) >= 11 is 0. The molecule has 1 N–H and O–H groups in total. The molecule has 22 heavy (non-hydrogen) atoms. The number of sulfonamides is 1. The number of benzene rings is 3. The molecule has 3 aromatic carbocycles. The van der Waals surface area contributed by atoms with Crippen LogP contribution in [0.2, 0.25) is 0 Å². The van der Waals surface area contributed by atoms with Crippen molar-refractivity contribution in [2.45, 2.75) is 4.90 Å². The second kappa shape index (κ2) is 5.69. The van der Waals surface area contributed by atoms with Gasteiger partial charge in [-0.3, -0.25) is 4.72 Å². The van der Waals surface area contributed by atoms with Gasteiger partial charge in [0.15, 0.2) is 0 Å². The van der Waals surface area contributed by atoms with Gasteiger partial charge in [0, 0.05) is 6.07 Å². The third-order valence-corrected chi connectivity index (χ3v) is 4.73. The Bertz CT molecular complexity index is 920. The van der Waals surface area contributed by atoms with E-state index in [0.29, 0.717) is 11.4 Å². The Morgan fingerprint density at radius 2 is 1.64 bits per heavy atom. The maximum atomic E-state index is 12.5. The molecule has 0 fully saturated rings. The second-order valence-corrected chi connectivity index (χ2v) is 6.53. The van der Waals surface area contributed by atoms with Gasteiger partial charge in [0.1, 0.15) is 5.75 Å². The average Bonchev–Trinajstić information content (AvgIpc) is 2.54. The number of ether oxygens (including phenoxy) is 1. The Labute approximate surface area is 129 Å². The Balaban J connectivity index is 1.96. The van der Waals surface area contributed by atoms with Crippen LogP contribution in [0.5, 0.6) is 5.75 Å². The molecule has 112 valence electrons. The van der Waals surface area contributed by atoms with E-state index in [9.17, 15) is 8.42 Å². The highest BCUT2D eigenvalue weighted by Crippen LogP contribution is 2.23. The SMILES string of the molecule is COc1cccc(NS(=O)(=O)c2ccc3ccccc3c2)c1. The van der Waals surface area contributed by atoms with Crippen molar-refractivity contribution in [2.24, 2.45) is 0 Å². The van der Waals surface area contributed by atoms with E-state index in [2.05, 4.69) is 4.72 Å². The largest absolute Gasteiger partial charge is 0.497 e. The molecular weight excluding hydrogens is 298 g/mol. The fourth-order valence-electron chi connectivity index (χ4n) is 2.24. The molecule has 0 aliphatic heterocycles. The molecule has 0 aliphatic carbocycles. The van der Waals surface area contributed by atoms with Crippen molar-refractivity contribution >= 4 is 26.5 Å². The van der Waals surface area contributed by atoms with Crippen molar-refractivity contribution < 1.29 is 13.2 Å². The summed E-state index contributed by atoms with van der Waals surface area (Å²) in [5.74, 6) is 0.596. The highest BCUT2D eigenvalue weighted by Gasteiger charge is 2.14. The second-order valence-electron chi connectivity index (χ2n) is 4.85. The highest BCUT2D eigenvalue weighted by atomic mass is 32.2. The lowest BCUT2D eigenvalue weighted by Gasteiger charge is -2.10. The van der Waals surface area contributed by atoms with E-state index in [1.54, 1.807) is 42.5 Å².